The Morgan fingerprint density at radius 2 is 1.84 bits per heavy atom. The fourth-order valence-corrected chi connectivity index (χ4v) is 4.63. The first-order valence-corrected chi connectivity index (χ1v) is 9.63. The van der Waals surface area contributed by atoms with E-state index in [-0.39, 0.29) is 11.2 Å². The number of anilines is 1. The summed E-state index contributed by atoms with van der Waals surface area (Å²) in [4.78, 5) is 14.0. The number of nitrogens with zero attached hydrogens (tertiary/aromatic N) is 4. The van der Waals surface area contributed by atoms with Gasteiger partial charge in [0.05, 0.1) is 5.25 Å². The molecule has 1 aliphatic heterocycles. The van der Waals surface area contributed by atoms with E-state index in [0.717, 1.165) is 11.3 Å². The number of aromatic nitrogens is 3. The third-order valence-electron chi connectivity index (χ3n) is 4.40. The summed E-state index contributed by atoms with van der Waals surface area (Å²) in [5.41, 5.74) is 1.84. The highest BCUT2D eigenvalue weighted by molar-refractivity contribution is 7.91. The van der Waals surface area contributed by atoms with Gasteiger partial charge in [-0.2, -0.15) is 0 Å². The van der Waals surface area contributed by atoms with E-state index in [9.17, 15) is 13.2 Å². The van der Waals surface area contributed by atoms with Crippen LogP contribution in [0.25, 0.3) is 0 Å². The zero-order valence-corrected chi connectivity index (χ0v) is 15.0. The van der Waals surface area contributed by atoms with Crippen molar-refractivity contribution in [3.63, 3.8) is 0 Å². The molecule has 3 rings (SSSR count). The number of urea groups is 1. The molecule has 8 nitrogen and oxygen atoms in total. The van der Waals surface area contributed by atoms with E-state index in [4.69, 9.17) is 0 Å². The Hall–Kier alpha value is -2.42. The van der Waals surface area contributed by atoms with E-state index in [1.807, 2.05) is 31.2 Å². The Bertz CT molecular complexity index is 852. The van der Waals surface area contributed by atoms with Gasteiger partial charge in [-0.3, -0.25) is 0 Å². The standard InChI is InChI=1S/C16H21N5O3S/c1-12-3-5-13(6-4-12)18-15(22)21-9-7-14(8-10-21)25(23,24)16-19-17-11-20(16)2/h3-6,11,14H,7-10H2,1-2H3,(H,18,22). The maximum Gasteiger partial charge on any atom is 0.321 e. The molecular formula is C16H21N5O3S. The summed E-state index contributed by atoms with van der Waals surface area (Å²) in [7, 11) is -1.92. The summed E-state index contributed by atoms with van der Waals surface area (Å²) in [5, 5.41) is 9.63. The number of piperidine rings is 1. The van der Waals surface area contributed by atoms with Crippen molar-refractivity contribution in [2.45, 2.75) is 30.2 Å². The molecule has 0 radical (unpaired) electrons. The Labute approximate surface area is 146 Å². The maximum atomic E-state index is 12.6. The lowest BCUT2D eigenvalue weighted by Crippen LogP contribution is -2.44. The van der Waals surface area contributed by atoms with Crippen LogP contribution in [-0.4, -0.2) is 52.5 Å². The van der Waals surface area contributed by atoms with E-state index in [2.05, 4.69) is 15.5 Å². The summed E-state index contributed by atoms with van der Waals surface area (Å²) < 4.78 is 26.7. The lowest BCUT2D eigenvalue weighted by Gasteiger charge is -2.31. The summed E-state index contributed by atoms with van der Waals surface area (Å²) in [5.74, 6) is 0. The first-order chi connectivity index (χ1) is 11.9. The van der Waals surface area contributed by atoms with Gasteiger partial charge in [-0.15, -0.1) is 10.2 Å². The molecule has 9 heteroatoms. The molecule has 1 aromatic heterocycles. The molecule has 1 saturated heterocycles. The average molecular weight is 363 g/mol. The second-order valence-electron chi connectivity index (χ2n) is 6.25. The number of rotatable bonds is 3. The van der Waals surface area contributed by atoms with Crippen LogP contribution in [0.4, 0.5) is 10.5 Å². The van der Waals surface area contributed by atoms with Crippen LogP contribution in [0.5, 0.6) is 0 Å². The second kappa shape index (κ2) is 6.83. The first kappa shape index (κ1) is 17.4. The number of carbonyl (C=O) groups is 1. The van der Waals surface area contributed by atoms with Gasteiger partial charge < -0.3 is 14.8 Å². The predicted molar refractivity (Wildman–Crippen MR) is 93.0 cm³/mol. The van der Waals surface area contributed by atoms with Crippen LogP contribution >= 0.6 is 0 Å². The Morgan fingerprint density at radius 1 is 1.20 bits per heavy atom. The molecule has 0 aliphatic carbocycles. The van der Waals surface area contributed by atoms with Gasteiger partial charge in [-0.1, -0.05) is 17.7 Å². The highest BCUT2D eigenvalue weighted by Gasteiger charge is 2.35. The van der Waals surface area contributed by atoms with Crippen molar-refractivity contribution in [1.82, 2.24) is 19.7 Å². The van der Waals surface area contributed by atoms with Gasteiger partial charge in [0.25, 0.3) is 0 Å². The number of likely N-dealkylation sites (tertiary alicyclic amines) is 1. The van der Waals surface area contributed by atoms with Gasteiger partial charge in [-0.05, 0) is 31.9 Å². The van der Waals surface area contributed by atoms with E-state index >= 15 is 0 Å². The van der Waals surface area contributed by atoms with Crippen molar-refractivity contribution >= 4 is 21.6 Å². The normalized spacial score (nSPS) is 16.0. The smallest absolute Gasteiger partial charge is 0.321 e. The molecule has 1 aromatic carbocycles. The van der Waals surface area contributed by atoms with E-state index in [1.165, 1.54) is 10.9 Å². The third-order valence-corrected chi connectivity index (χ3v) is 6.62. The van der Waals surface area contributed by atoms with Crippen LogP contribution in [0, 0.1) is 6.92 Å². The first-order valence-electron chi connectivity index (χ1n) is 8.08. The molecule has 1 N–H and O–H groups in total. The fraction of sp³-hybridized carbons (Fsp3) is 0.438. The van der Waals surface area contributed by atoms with Gasteiger partial charge in [0, 0.05) is 25.8 Å². The van der Waals surface area contributed by atoms with Gasteiger partial charge >= 0.3 is 6.03 Å². The SMILES string of the molecule is Cc1ccc(NC(=O)N2CCC(S(=O)(=O)c3nncn3C)CC2)cc1. The number of aryl methyl sites for hydroxylation is 2. The summed E-state index contributed by atoms with van der Waals surface area (Å²) in [6, 6.07) is 7.33. The number of hydrogen-bond donors (Lipinski definition) is 1. The Balaban J connectivity index is 1.61. The molecule has 0 atom stereocenters. The molecule has 2 amide bonds. The molecule has 2 heterocycles. The molecular weight excluding hydrogens is 342 g/mol. The molecule has 1 fully saturated rings. The van der Waals surface area contributed by atoms with Gasteiger partial charge in [0.1, 0.15) is 6.33 Å². The topological polar surface area (TPSA) is 97.2 Å². The highest BCUT2D eigenvalue weighted by atomic mass is 32.2. The molecule has 0 unspecified atom stereocenters. The molecule has 0 saturated carbocycles. The van der Waals surface area contributed by atoms with Crippen molar-refractivity contribution < 1.29 is 13.2 Å². The second-order valence-corrected chi connectivity index (χ2v) is 8.37. The van der Waals surface area contributed by atoms with Crippen LogP contribution in [0.3, 0.4) is 0 Å². The zero-order chi connectivity index (χ0) is 18.0. The number of hydrogen-bond acceptors (Lipinski definition) is 5. The van der Waals surface area contributed by atoms with E-state index < -0.39 is 15.1 Å². The monoisotopic (exact) mass is 363 g/mol. The van der Waals surface area contributed by atoms with Crippen LogP contribution in [0.15, 0.2) is 35.7 Å². The van der Waals surface area contributed by atoms with Gasteiger partial charge in [0.15, 0.2) is 0 Å². The summed E-state index contributed by atoms with van der Waals surface area (Å²) >= 11 is 0. The number of benzene rings is 1. The number of sulfone groups is 1. The van der Waals surface area contributed by atoms with E-state index in [1.54, 1.807) is 11.9 Å². The molecule has 0 spiro atoms. The molecule has 25 heavy (non-hydrogen) atoms. The lowest BCUT2D eigenvalue weighted by molar-refractivity contribution is 0.200. The fourth-order valence-electron chi connectivity index (χ4n) is 2.89. The lowest BCUT2D eigenvalue weighted by atomic mass is 10.1. The van der Waals surface area contributed by atoms with E-state index in [0.29, 0.717) is 25.9 Å². The minimum absolute atomic E-state index is 0.0185. The highest BCUT2D eigenvalue weighted by Crippen LogP contribution is 2.23. The largest absolute Gasteiger partial charge is 0.324 e. The van der Waals surface area contributed by atoms with Crippen LogP contribution in [-0.2, 0) is 16.9 Å². The summed E-state index contributed by atoms with van der Waals surface area (Å²) in [6.45, 7) is 2.76. The Morgan fingerprint density at radius 3 is 2.40 bits per heavy atom. The van der Waals surface area contributed by atoms with Crippen molar-refractivity contribution in [1.29, 1.82) is 0 Å². The van der Waals surface area contributed by atoms with Crippen LogP contribution in [0.1, 0.15) is 18.4 Å². The predicted octanol–water partition coefficient (Wildman–Crippen LogP) is 1.59. The number of amides is 2. The van der Waals surface area contributed by atoms with Crippen molar-refractivity contribution in [3.8, 4) is 0 Å². The summed E-state index contributed by atoms with van der Waals surface area (Å²) in [6.07, 6.45) is 2.14. The molecule has 1 aliphatic rings. The third kappa shape index (κ3) is 3.65. The molecule has 134 valence electrons. The quantitative estimate of drug-likeness (QED) is 0.893. The van der Waals surface area contributed by atoms with Crippen molar-refractivity contribution in [2.75, 3.05) is 18.4 Å². The molecule has 2 aromatic rings. The maximum absolute atomic E-state index is 12.6. The Kier molecular flexibility index (Phi) is 4.76. The number of nitrogens with one attached hydrogen (secondary N) is 1. The van der Waals surface area contributed by atoms with Crippen LogP contribution < -0.4 is 5.32 Å². The van der Waals surface area contributed by atoms with Crippen molar-refractivity contribution in [2.24, 2.45) is 7.05 Å². The molecule has 0 bridgehead atoms. The van der Waals surface area contributed by atoms with Crippen LogP contribution in [0.2, 0.25) is 0 Å². The van der Waals surface area contributed by atoms with Crippen molar-refractivity contribution in [3.05, 3.63) is 36.2 Å². The minimum atomic E-state index is -3.53. The minimum Gasteiger partial charge on any atom is -0.324 e. The zero-order valence-electron chi connectivity index (χ0n) is 14.2. The van der Waals surface area contributed by atoms with Gasteiger partial charge in [0.2, 0.25) is 15.0 Å². The van der Waals surface area contributed by atoms with Gasteiger partial charge in [-0.25, -0.2) is 13.2 Å². The number of carbonyl (C=O) groups excluding carboxylic acids is 1. The average Bonchev–Trinajstić information content (AvgIpc) is 3.04.